The van der Waals surface area contributed by atoms with Gasteiger partial charge in [-0.15, -0.1) is 0 Å². The first-order valence-corrected chi connectivity index (χ1v) is 19.5. The van der Waals surface area contributed by atoms with Gasteiger partial charge in [0.25, 0.3) is 0 Å². The Balaban J connectivity index is 1.25. The van der Waals surface area contributed by atoms with E-state index in [9.17, 15) is 21.6 Å². The molecule has 0 aliphatic heterocycles. The van der Waals surface area contributed by atoms with Crippen molar-refractivity contribution < 1.29 is 30.8 Å². The monoisotopic (exact) mass is 712 g/mol. The second kappa shape index (κ2) is 14.2. The Morgan fingerprint density at radius 2 is 1.63 bits per heavy atom. The highest BCUT2D eigenvalue weighted by Gasteiger charge is 2.25. The summed E-state index contributed by atoms with van der Waals surface area (Å²) in [6.45, 7) is 7.49. The molecule has 4 aromatic rings. The molecule has 49 heavy (non-hydrogen) atoms. The minimum Gasteiger partial charge on any atom is -0.444 e. The van der Waals surface area contributed by atoms with Gasteiger partial charge < -0.3 is 15.4 Å². The second-order valence-electron chi connectivity index (χ2n) is 13.3. The zero-order valence-corrected chi connectivity index (χ0v) is 29.7. The summed E-state index contributed by atoms with van der Waals surface area (Å²) < 4.78 is 71.8. The Kier molecular flexibility index (Phi) is 10.4. The van der Waals surface area contributed by atoms with Crippen LogP contribution in [0.4, 0.5) is 20.8 Å². The van der Waals surface area contributed by atoms with Crippen molar-refractivity contribution in [3.05, 3.63) is 71.7 Å². The van der Waals surface area contributed by atoms with Crippen LogP contribution >= 0.6 is 0 Å². The predicted molar refractivity (Wildman–Crippen MR) is 187 cm³/mol. The first-order chi connectivity index (χ1) is 23.0. The standard InChI is InChI=1S/C34H41FN6O6S2/c1-6-22-18-29(23-9-16-28(27(35)17-23)41-49(45,46)20-21-7-14-26(15-8-21)48(5,43)44)39-30-19-36-32(40-31(22)30)37-24-10-12-25(13-11-24)38-33(42)47-34(2,3)4/h7-9,14-19,24-25,41H,6,10-13,20H2,1-5H3,(H,38,42)(H,36,37,40)/t24-,25-. The highest BCUT2D eigenvalue weighted by molar-refractivity contribution is 7.92. The number of carbonyl (C=O) groups excluding carboxylic acids is 1. The van der Waals surface area contributed by atoms with Crippen molar-refractivity contribution in [2.45, 2.75) is 88.1 Å². The fourth-order valence-electron chi connectivity index (χ4n) is 5.63. The summed E-state index contributed by atoms with van der Waals surface area (Å²) in [7, 11) is -7.42. The predicted octanol–water partition coefficient (Wildman–Crippen LogP) is 5.99. The minimum atomic E-state index is -4.00. The Morgan fingerprint density at radius 3 is 2.24 bits per heavy atom. The molecule has 2 heterocycles. The summed E-state index contributed by atoms with van der Waals surface area (Å²) in [4.78, 5) is 26.1. The average molecular weight is 713 g/mol. The van der Waals surface area contributed by atoms with Crippen LogP contribution in [0.25, 0.3) is 22.3 Å². The Hall–Kier alpha value is -4.37. The normalized spacial score (nSPS) is 17.0. The van der Waals surface area contributed by atoms with Gasteiger partial charge in [-0.1, -0.05) is 25.1 Å². The second-order valence-corrected chi connectivity index (χ2v) is 17.0. The molecule has 1 aliphatic rings. The van der Waals surface area contributed by atoms with E-state index >= 15 is 4.39 Å². The van der Waals surface area contributed by atoms with E-state index < -0.39 is 43.1 Å². The van der Waals surface area contributed by atoms with E-state index in [1.54, 1.807) is 12.3 Å². The molecule has 12 nitrogen and oxygen atoms in total. The highest BCUT2D eigenvalue weighted by atomic mass is 32.2. The van der Waals surface area contributed by atoms with Gasteiger partial charge in [0.05, 0.1) is 33.7 Å². The van der Waals surface area contributed by atoms with Gasteiger partial charge >= 0.3 is 6.09 Å². The van der Waals surface area contributed by atoms with Crippen molar-refractivity contribution in [2.75, 3.05) is 16.3 Å². The van der Waals surface area contributed by atoms with Crippen LogP contribution in [-0.4, -0.2) is 61.8 Å². The first kappa shape index (κ1) is 35.9. The smallest absolute Gasteiger partial charge is 0.407 e. The maximum Gasteiger partial charge on any atom is 0.407 e. The number of amides is 1. The van der Waals surface area contributed by atoms with E-state index in [2.05, 4.69) is 25.3 Å². The Labute approximate surface area is 286 Å². The van der Waals surface area contributed by atoms with E-state index in [1.165, 1.54) is 36.4 Å². The zero-order valence-electron chi connectivity index (χ0n) is 28.1. The fourth-order valence-corrected chi connectivity index (χ4v) is 7.46. The number of hydrogen-bond donors (Lipinski definition) is 3. The molecule has 0 bridgehead atoms. The maximum atomic E-state index is 15.2. The Morgan fingerprint density at radius 1 is 0.959 bits per heavy atom. The number of aryl methyl sites for hydroxylation is 1. The van der Waals surface area contributed by atoms with E-state index in [-0.39, 0.29) is 22.7 Å². The van der Waals surface area contributed by atoms with Gasteiger partial charge in [-0.3, -0.25) is 4.72 Å². The fraction of sp³-hybridized carbons (Fsp3) is 0.412. The van der Waals surface area contributed by atoms with Gasteiger partial charge in [0.1, 0.15) is 16.9 Å². The summed E-state index contributed by atoms with van der Waals surface area (Å²) in [5, 5.41) is 6.37. The molecule has 0 radical (unpaired) electrons. The van der Waals surface area contributed by atoms with Gasteiger partial charge in [-0.2, -0.15) is 0 Å². The lowest BCUT2D eigenvalue weighted by Crippen LogP contribution is -2.42. The number of anilines is 2. The summed E-state index contributed by atoms with van der Waals surface area (Å²) in [5.41, 5.74) is 2.63. The molecule has 0 unspecified atom stereocenters. The maximum absolute atomic E-state index is 15.2. The van der Waals surface area contributed by atoms with Crippen LogP contribution in [0.3, 0.4) is 0 Å². The van der Waals surface area contributed by atoms with Crippen LogP contribution in [-0.2, 0) is 36.8 Å². The molecule has 1 fully saturated rings. The van der Waals surface area contributed by atoms with E-state index in [4.69, 9.17) is 9.72 Å². The number of hydrogen-bond acceptors (Lipinski definition) is 10. The molecule has 0 atom stereocenters. The average Bonchev–Trinajstić information content (AvgIpc) is 3.01. The first-order valence-electron chi connectivity index (χ1n) is 16.0. The number of ether oxygens (including phenoxy) is 1. The molecule has 15 heteroatoms. The van der Waals surface area contributed by atoms with Gasteiger partial charge in [-0.05, 0) is 94.3 Å². The molecular weight excluding hydrogens is 672 g/mol. The van der Waals surface area contributed by atoms with Crippen LogP contribution in [0.5, 0.6) is 0 Å². The summed E-state index contributed by atoms with van der Waals surface area (Å²) in [6, 6.07) is 11.7. The summed E-state index contributed by atoms with van der Waals surface area (Å²) in [6.07, 6.45) is 6.18. The van der Waals surface area contributed by atoms with E-state index in [0.29, 0.717) is 40.2 Å². The number of sulfonamides is 1. The number of fused-ring (bicyclic) bond motifs is 1. The van der Waals surface area contributed by atoms with Crippen molar-refractivity contribution in [3.63, 3.8) is 0 Å². The van der Waals surface area contributed by atoms with Crippen molar-refractivity contribution >= 4 is 48.6 Å². The zero-order chi connectivity index (χ0) is 35.6. The molecule has 3 N–H and O–H groups in total. The van der Waals surface area contributed by atoms with E-state index in [0.717, 1.165) is 37.5 Å². The number of rotatable bonds is 10. The van der Waals surface area contributed by atoms with Crippen LogP contribution in [0.1, 0.15) is 64.5 Å². The molecule has 1 amide bonds. The molecule has 2 aromatic heterocycles. The Bertz CT molecular complexity index is 2060. The van der Waals surface area contributed by atoms with Crippen molar-refractivity contribution in [3.8, 4) is 11.3 Å². The number of halogens is 1. The largest absolute Gasteiger partial charge is 0.444 e. The van der Waals surface area contributed by atoms with Crippen molar-refractivity contribution in [2.24, 2.45) is 0 Å². The number of alkyl carbamates (subject to hydrolysis) is 1. The number of sulfone groups is 1. The van der Waals surface area contributed by atoms with Gasteiger partial charge in [-0.25, -0.2) is 41.0 Å². The third-order valence-electron chi connectivity index (χ3n) is 8.03. The number of carbonyl (C=O) groups is 1. The number of benzene rings is 2. The molecule has 0 spiro atoms. The molecular formula is C34H41FN6O6S2. The van der Waals surface area contributed by atoms with Crippen LogP contribution in [0, 0.1) is 5.82 Å². The van der Waals surface area contributed by atoms with Crippen LogP contribution in [0.15, 0.2) is 59.6 Å². The molecule has 262 valence electrons. The molecule has 0 saturated heterocycles. The third-order valence-corrected chi connectivity index (χ3v) is 10.4. The molecule has 5 rings (SSSR count). The van der Waals surface area contributed by atoms with Crippen LogP contribution in [0.2, 0.25) is 0 Å². The lowest BCUT2D eigenvalue weighted by molar-refractivity contribution is 0.0492. The van der Waals surface area contributed by atoms with Crippen LogP contribution < -0.4 is 15.4 Å². The highest BCUT2D eigenvalue weighted by Crippen LogP contribution is 2.29. The lowest BCUT2D eigenvalue weighted by Gasteiger charge is -2.30. The number of nitrogens with zero attached hydrogens (tertiary/aromatic N) is 3. The SMILES string of the molecule is CCc1cc(-c2ccc(NS(=O)(=O)Cc3ccc(S(C)(=O)=O)cc3)c(F)c2)nc2cnc(N[C@H]3CC[C@H](NC(=O)OC(C)(C)C)CC3)nc12. The molecule has 1 aliphatic carbocycles. The molecule has 2 aromatic carbocycles. The third kappa shape index (κ3) is 9.63. The quantitative estimate of drug-likeness (QED) is 0.178. The van der Waals surface area contributed by atoms with Crippen molar-refractivity contribution in [1.82, 2.24) is 20.3 Å². The van der Waals surface area contributed by atoms with Gasteiger partial charge in [0, 0.05) is 23.9 Å². The number of nitrogens with one attached hydrogen (secondary N) is 3. The number of aromatic nitrogens is 3. The lowest BCUT2D eigenvalue weighted by atomic mass is 9.91. The van der Waals surface area contributed by atoms with E-state index in [1.807, 2.05) is 33.8 Å². The summed E-state index contributed by atoms with van der Waals surface area (Å²) >= 11 is 0. The van der Waals surface area contributed by atoms with Crippen molar-refractivity contribution in [1.29, 1.82) is 0 Å². The minimum absolute atomic E-state index is 0.0483. The van der Waals surface area contributed by atoms with Gasteiger partial charge in [0.15, 0.2) is 9.84 Å². The number of pyridine rings is 1. The topological polar surface area (TPSA) is 169 Å². The summed E-state index contributed by atoms with van der Waals surface area (Å²) in [5.74, 6) is -0.761. The molecule has 1 saturated carbocycles. The van der Waals surface area contributed by atoms with Gasteiger partial charge in [0.2, 0.25) is 16.0 Å².